The Bertz CT molecular complexity index is 587. The molecule has 0 fully saturated rings. The number of ether oxygens (including phenoxy) is 1. The number of anilines is 1. The Morgan fingerprint density at radius 2 is 2.11 bits per heavy atom. The van der Waals surface area contributed by atoms with Crippen LogP contribution in [0.4, 0.5) is 5.82 Å². The normalized spacial score (nSPS) is 10.5. The minimum Gasteiger partial charge on any atom is -0.439 e. The highest BCUT2D eigenvalue weighted by Crippen LogP contribution is 2.27. The van der Waals surface area contributed by atoms with Crippen molar-refractivity contribution in [2.75, 3.05) is 5.73 Å². The summed E-state index contributed by atoms with van der Waals surface area (Å²) in [6, 6.07) is 7.61. The monoisotopic (exact) mass is 321 g/mol. The number of benzene rings is 1. The number of halogens is 1. The molecule has 0 saturated carbocycles. The van der Waals surface area contributed by atoms with E-state index < -0.39 is 0 Å². The van der Waals surface area contributed by atoms with Gasteiger partial charge in [0.1, 0.15) is 17.4 Å². The summed E-state index contributed by atoms with van der Waals surface area (Å²) in [6.45, 7) is 3.94. The van der Waals surface area contributed by atoms with Gasteiger partial charge in [-0.15, -0.1) is 0 Å². The van der Waals surface area contributed by atoms with Gasteiger partial charge in [-0.1, -0.05) is 28.9 Å². The van der Waals surface area contributed by atoms with E-state index in [0.29, 0.717) is 11.7 Å². The van der Waals surface area contributed by atoms with Crippen LogP contribution in [-0.4, -0.2) is 9.97 Å². The second kappa shape index (κ2) is 6.02. The Morgan fingerprint density at radius 1 is 1.32 bits per heavy atom. The molecule has 1 aromatic carbocycles. The van der Waals surface area contributed by atoms with E-state index in [1.165, 1.54) is 0 Å². The van der Waals surface area contributed by atoms with Gasteiger partial charge in [0.05, 0.1) is 5.56 Å². The van der Waals surface area contributed by atoms with Crippen LogP contribution in [0.25, 0.3) is 0 Å². The van der Waals surface area contributed by atoms with Crippen molar-refractivity contribution in [1.29, 1.82) is 0 Å². The Hall–Kier alpha value is -1.62. The van der Waals surface area contributed by atoms with E-state index in [-0.39, 0.29) is 0 Å². The first kappa shape index (κ1) is 13.8. The predicted octanol–water partition coefficient (Wildman–Crippen LogP) is 3.87. The standard InChI is InChI=1S/C14H16BrN3O/c1-3-5-12-17-13(16)9(2)14(18-12)19-11-7-4-6-10(15)8-11/h4,6-8H,3,5H2,1-2H3,(H2,16,17,18). The van der Waals surface area contributed by atoms with Crippen LogP contribution in [-0.2, 0) is 6.42 Å². The Morgan fingerprint density at radius 3 is 2.79 bits per heavy atom. The number of hydrogen-bond donors (Lipinski definition) is 1. The fourth-order valence-electron chi connectivity index (χ4n) is 1.64. The lowest BCUT2D eigenvalue weighted by atomic mass is 10.3. The molecule has 100 valence electrons. The number of nitrogen functional groups attached to an aromatic ring is 1. The molecule has 2 aromatic rings. The molecule has 0 atom stereocenters. The largest absolute Gasteiger partial charge is 0.439 e. The second-order valence-electron chi connectivity index (χ2n) is 4.26. The summed E-state index contributed by atoms with van der Waals surface area (Å²) in [5.41, 5.74) is 6.66. The van der Waals surface area contributed by atoms with Gasteiger partial charge in [0.2, 0.25) is 5.88 Å². The number of aromatic nitrogens is 2. The average molecular weight is 322 g/mol. The lowest BCUT2D eigenvalue weighted by Crippen LogP contribution is -2.04. The average Bonchev–Trinajstić information content (AvgIpc) is 2.36. The third kappa shape index (κ3) is 3.44. The van der Waals surface area contributed by atoms with E-state index in [9.17, 15) is 0 Å². The van der Waals surface area contributed by atoms with E-state index in [4.69, 9.17) is 10.5 Å². The highest BCUT2D eigenvalue weighted by molar-refractivity contribution is 9.10. The summed E-state index contributed by atoms with van der Waals surface area (Å²) in [7, 11) is 0. The second-order valence-corrected chi connectivity index (χ2v) is 5.18. The van der Waals surface area contributed by atoms with Gasteiger partial charge in [0, 0.05) is 10.9 Å². The topological polar surface area (TPSA) is 61.0 Å². The van der Waals surface area contributed by atoms with Gasteiger partial charge in [-0.2, -0.15) is 4.98 Å². The van der Waals surface area contributed by atoms with Crippen molar-refractivity contribution in [3.8, 4) is 11.6 Å². The lowest BCUT2D eigenvalue weighted by molar-refractivity contribution is 0.454. The first-order valence-electron chi connectivity index (χ1n) is 6.16. The fourth-order valence-corrected chi connectivity index (χ4v) is 2.01. The van der Waals surface area contributed by atoms with Crippen molar-refractivity contribution in [3.05, 3.63) is 40.1 Å². The number of nitrogens with two attached hydrogens (primary N) is 1. The molecule has 0 aliphatic carbocycles. The molecule has 0 amide bonds. The van der Waals surface area contributed by atoms with Crippen LogP contribution in [0.2, 0.25) is 0 Å². The molecule has 0 spiro atoms. The molecule has 1 heterocycles. The molecule has 0 unspecified atom stereocenters. The maximum atomic E-state index is 5.89. The van der Waals surface area contributed by atoms with Crippen molar-refractivity contribution in [3.63, 3.8) is 0 Å². The SMILES string of the molecule is CCCc1nc(N)c(C)c(Oc2cccc(Br)c2)n1. The van der Waals surface area contributed by atoms with Gasteiger partial charge >= 0.3 is 0 Å². The highest BCUT2D eigenvalue weighted by atomic mass is 79.9. The Balaban J connectivity index is 2.33. The van der Waals surface area contributed by atoms with Gasteiger partial charge in [0.25, 0.3) is 0 Å². The fraction of sp³-hybridized carbons (Fsp3) is 0.286. The summed E-state index contributed by atoms with van der Waals surface area (Å²) in [4.78, 5) is 8.68. The molecular weight excluding hydrogens is 306 g/mol. The molecule has 5 heteroatoms. The van der Waals surface area contributed by atoms with E-state index in [0.717, 1.165) is 34.5 Å². The van der Waals surface area contributed by atoms with Gasteiger partial charge in [-0.3, -0.25) is 0 Å². The van der Waals surface area contributed by atoms with Crippen LogP contribution in [0.1, 0.15) is 24.7 Å². The summed E-state index contributed by atoms with van der Waals surface area (Å²) >= 11 is 3.41. The summed E-state index contributed by atoms with van der Waals surface area (Å²) in [5, 5.41) is 0. The molecule has 0 bridgehead atoms. The summed E-state index contributed by atoms with van der Waals surface area (Å²) < 4.78 is 6.75. The first-order chi connectivity index (χ1) is 9.10. The van der Waals surface area contributed by atoms with Crippen molar-refractivity contribution < 1.29 is 4.74 Å². The zero-order valence-electron chi connectivity index (χ0n) is 11.0. The quantitative estimate of drug-likeness (QED) is 0.928. The number of hydrogen-bond acceptors (Lipinski definition) is 4. The number of nitrogens with zero attached hydrogens (tertiary/aromatic N) is 2. The Kier molecular flexibility index (Phi) is 4.37. The molecule has 0 aliphatic rings. The van der Waals surface area contributed by atoms with E-state index >= 15 is 0 Å². The van der Waals surface area contributed by atoms with Gasteiger partial charge in [-0.05, 0) is 31.5 Å². The molecule has 2 N–H and O–H groups in total. The molecule has 1 aromatic heterocycles. The lowest BCUT2D eigenvalue weighted by Gasteiger charge is -2.11. The maximum absolute atomic E-state index is 5.89. The smallest absolute Gasteiger partial charge is 0.227 e. The van der Waals surface area contributed by atoms with Crippen LogP contribution in [0, 0.1) is 6.92 Å². The van der Waals surface area contributed by atoms with E-state index in [1.807, 2.05) is 31.2 Å². The van der Waals surface area contributed by atoms with Crippen molar-refractivity contribution >= 4 is 21.7 Å². The zero-order chi connectivity index (χ0) is 13.8. The summed E-state index contributed by atoms with van der Waals surface area (Å²) in [6.07, 6.45) is 1.76. The molecule has 19 heavy (non-hydrogen) atoms. The molecular formula is C14H16BrN3O. The van der Waals surface area contributed by atoms with Crippen molar-refractivity contribution in [2.24, 2.45) is 0 Å². The zero-order valence-corrected chi connectivity index (χ0v) is 12.6. The van der Waals surface area contributed by atoms with Gasteiger partial charge in [-0.25, -0.2) is 4.98 Å². The van der Waals surface area contributed by atoms with Crippen LogP contribution in [0.15, 0.2) is 28.7 Å². The van der Waals surface area contributed by atoms with Crippen molar-refractivity contribution in [1.82, 2.24) is 9.97 Å². The van der Waals surface area contributed by atoms with E-state index in [2.05, 4.69) is 32.8 Å². The molecule has 2 rings (SSSR count). The van der Waals surface area contributed by atoms with Crippen molar-refractivity contribution in [2.45, 2.75) is 26.7 Å². The predicted molar refractivity (Wildman–Crippen MR) is 79.4 cm³/mol. The molecule has 0 saturated heterocycles. The highest BCUT2D eigenvalue weighted by Gasteiger charge is 2.10. The third-order valence-electron chi connectivity index (χ3n) is 2.67. The van der Waals surface area contributed by atoms with Crippen LogP contribution < -0.4 is 10.5 Å². The van der Waals surface area contributed by atoms with Crippen LogP contribution in [0.3, 0.4) is 0 Å². The van der Waals surface area contributed by atoms with Gasteiger partial charge < -0.3 is 10.5 Å². The maximum Gasteiger partial charge on any atom is 0.227 e. The van der Waals surface area contributed by atoms with Crippen LogP contribution >= 0.6 is 15.9 Å². The minimum absolute atomic E-state index is 0.475. The first-order valence-corrected chi connectivity index (χ1v) is 6.96. The Labute approximate surface area is 121 Å². The van der Waals surface area contributed by atoms with Crippen LogP contribution in [0.5, 0.6) is 11.6 Å². The van der Waals surface area contributed by atoms with E-state index in [1.54, 1.807) is 0 Å². The summed E-state index contributed by atoms with van der Waals surface area (Å²) in [5.74, 6) is 2.44. The number of rotatable bonds is 4. The minimum atomic E-state index is 0.475. The third-order valence-corrected chi connectivity index (χ3v) is 3.16. The molecule has 0 radical (unpaired) electrons. The molecule has 0 aliphatic heterocycles. The van der Waals surface area contributed by atoms with Gasteiger partial charge in [0.15, 0.2) is 0 Å². The number of aryl methyl sites for hydroxylation is 1. The molecule has 4 nitrogen and oxygen atoms in total.